The van der Waals surface area contributed by atoms with Gasteiger partial charge in [-0.15, -0.1) is 0 Å². The molecular weight excluding hydrogens is 1430 g/mol. The van der Waals surface area contributed by atoms with Crippen molar-refractivity contribution in [3.63, 3.8) is 0 Å². The average molecular weight is 1520 g/mol. The first-order valence-corrected chi connectivity index (χ1v) is 36.9. The van der Waals surface area contributed by atoms with Gasteiger partial charge in [-0.3, -0.25) is 71.8 Å². The third kappa shape index (κ3) is 23.8. The van der Waals surface area contributed by atoms with E-state index in [2.05, 4.69) is 51.5 Å². The Labute approximate surface area is 610 Å². The van der Waals surface area contributed by atoms with E-state index in [9.17, 15) is 57.4 Å². The van der Waals surface area contributed by atoms with Crippen LogP contribution in [0.2, 0.25) is 0 Å². The summed E-state index contributed by atoms with van der Waals surface area (Å²) in [4.78, 5) is 141. The number of imide groups is 1. The van der Waals surface area contributed by atoms with Gasteiger partial charge in [-0.05, 0) is 67.9 Å². The van der Waals surface area contributed by atoms with Gasteiger partial charge in [0.1, 0.15) is 55.5 Å². The highest BCUT2D eigenvalue weighted by Gasteiger charge is 2.49. The molecule has 2 unspecified atom stereocenters. The summed E-state index contributed by atoms with van der Waals surface area (Å²) in [5.74, 6) is -5.06. The van der Waals surface area contributed by atoms with Gasteiger partial charge in [-0.1, -0.05) is 44.2 Å². The first-order chi connectivity index (χ1) is 51.1. The van der Waals surface area contributed by atoms with E-state index < -0.39 is 143 Å². The molecule has 2 saturated heterocycles. The van der Waals surface area contributed by atoms with E-state index in [0.717, 1.165) is 4.90 Å². The van der Waals surface area contributed by atoms with E-state index in [1.165, 1.54) is 60.5 Å². The molecule has 12 atom stereocenters. The Bertz CT molecular complexity index is 3930. The van der Waals surface area contributed by atoms with Gasteiger partial charge in [0.05, 0.1) is 85.1 Å². The Hall–Kier alpha value is -8.81. The summed E-state index contributed by atoms with van der Waals surface area (Å²) in [6.45, 7) is 6.96. The monoisotopic (exact) mass is 1520 g/mol. The number of ether oxygens (including phenoxy) is 8. The van der Waals surface area contributed by atoms with Crippen LogP contribution in [0.5, 0.6) is 5.88 Å². The zero-order valence-electron chi connectivity index (χ0n) is 59.0. The van der Waals surface area contributed by atoms with Crippen molar-refractivity contribution in [1.82, 2.24) is 55.2 Å². The highest BCUT2D eigenvalue weighted by Crippen LogP contribution is 2.45. The second kappa shape index (κ2) is 40.8. The molecule has 6 heterocycles. The fourth-order valence-corrected chi connectivity index (χ4v) is 13.4. The second-order valence-electron chi connectivity index (χ2n) is 25.3. The van der Waals surface area contributed by atoms with Crippen LogP contribution in [0.4, 0.5) is 16.4 Å². The number of H-pyrrole nitrogens is 1. The lowest BCUT2D eigenvalue weighted by atomic mass is 10.0. The molecule has 3 fully saturated rings. The predicted octanol–water partition coefficient (Wildman–Crippen LogP) is 2.91. The minimum absolute atomic E-state index is 0.0196. The van der Waals surface area contributed by atoms with Crippen LogP contribution in [0.25, 0.3) is 11.2 Å². The van der Waals surface area contributed by atoms with Gasteiger partial charge in [0.2, 0.25) is 35.5 Å². The van der Waals surface area contributed by atoms with Crippen LogP contribution in [-0.4, -0.2) is 234 Å². The minimum Gasteiger partial charge on any atom is -0.474 e. The number of nitrogens with one attached hydrogen (secondary N) is 6. The first kappa shape index (κ1) is 81.3. The Morgan fingerprint density at radius 3 is 2.15 bits per heavy atom. The fourth-order valence-electron chi connectivity index (χ4n) is 11.6. The van der Waals surface area contributed by atoms with Crippen molar-refractivity contribution >= 4 is 86.8 Å². The molecule has 1 saturated carbocycles. The molecular formula is C67H89N13O24P2. The highest BCUT2D eigenvalue weighted by atomic mass is 31.1. The van der Waals surface area contributed by atoms with E-state index in [0.29, 0.717) is 81.6 Å². The van der Waals surface area contributed by atoms with Crippen molar-refractivity contribution in [1.29, 1.82) is 0 Å². The number of amides is 8. The van der Waals surface area contributed by atoms with Crippen LogP contribution >= 0.6 is 16.5 Å². The lowest BCUT2D eigenvalue weighted by Crippen LogP contribution is -2.57. The lowest BCUT2D eigenvalue weighted by Gasteiger charge is -2.26. The number of fused-ring (bicyclic) bond motifs is 4. The normalized spacial score (nSPS) is 21.8. The van der Waals surface area contributed by atoms with Gasteiger partial charge in [0.15, 0.2) is 17.4 Å². The molecule has 3 aromatic heterocycles. The van der Waals surface area contributed by atoms with Crippen LogP contribution in [0.15, 0.2) is 90.4 Å². The van der Waals surface area contributed by atoms with Gasteiger partial charge < -0.3 is 82.7 Å². The number of aliphatic hydroxyl groups excluding tert-OH is 1. The Morgan fingerprint density at radius 1 is 0.764 bits per heavy atom. The largest absolute Gasteiger partial charge is 0.474 e. The molecule has 39 heteroatoms. The van der Waals surface area contributed by atoms with Crippen molar-refractivity contribution in [2.45, 2.75) is 127 Å². The number of aromatic amines is 1. The van der Waals surface area contributed by atoms with E-state index >= 15 is 0 Å². The zero-order valence-corrected chi connectivity index (χ0v) is 61.0. The van der Waals surface area contributed by atoms with E-state index in [4.69, 9.17) is 56.0 Å². The number of methoxy groups -OCH3 is 1. The maximum atomic E-state index is 14.0. The molecule has 106 heavy (non-hydrogen) atoms. The Balaban J connectivity index is 0.727. The molecule has 5 aromatic rings. The van der Waals surface area contributed by atoms with Gasteiger partial charge in [0, 0.05) is 81.7 Å². The maximum absolute atomic E-state index is 14.0. The summed E-state index contributed by atoms with van der Waals surface area (Å²) in [5, 5.41) is 24.9. The molecule has 7 N–H and O–H groups in total. The molecule has 0 spiro atoms. The van der Waals surface area contributed by atoms with Crippen molar-refractivity contribution < 1.29 is 109 Å². The third-order valence-electron chi connectivity index (χ3n) is 17.2. The molecule has 576 valence electrons. The number of benzene rings is 2. The predicted molar refractivity (Wildman–Crippen MR) is 374 cm³/mol. The van der Waals surface area contributed by atoms with E-state index in [-0.39, 0.29) is 88.1 Å². The number of hydrogen-bond acceptors (Lipinski definition) is 28. The number of nitrogens with zero attached hydrogens (tertiary/aromatic N) is 7. The number of aliphatic hydroxyl groups is 1. The van der Waals surface area contributed by atoms with Crippen molar-refractivity contribution in [2.24, 2.45) is 11.8 Å². The van der Waals surface area contributed by atoms with Crippen molar-refractivity contribution in [2.75, 3.05) is 104 Å². The van der Waals surface area contributed by atoms with Gasteiger partial charge in [-0.25, -0.2) is 19.7 Å². The molecule has 1 aliphatic carbocycles. The highest BCUT2D eigenvalue weighted by molar-refractivity contribution is 7.33. The Morgan fingerprint density at radius 2 is 1.45 bits per heavy atom. The summed E-state index contributed by atoms with van der Waals surface area (Å²) < 4.78 is 95.4. The molecule has 8 amide bonds. The average Bonchev–Trinajstić information content (AvgIpc) is 1.60. The number of aromatic nitrogens is 6. The lowest BCUT2D eigenvalue weighted by molar-refractivity contribution is -0.137. The number of rotatable bonds is 37. The zero-order chi connectivity index (χ0) is 75.7. The quantitative estimate of drug-likeness (QED) is 0.0171. The number of anilines is 2. The van der Waals surface area contributed by atoms with Gasteiger partial charge >= 0.3 is 22.6 Å². The topological polar surface area (TPSA) is 458 Å². The molecule has 9 rings (SSSR count). The van der Waals surface area contributed by atoms with Crippen LogP contribution in [0, 0.1) is 11.8 Å². The third-order valence-corrected chi connectivity index (χ3v) is 19.0. The number of carbonyl (C=O) groups excluding carboxylic acids is 8. The first-order valence-electron chi connectivity index (χ1n) is 34.4. The summed E-state index contributed by atoms with van der Waals surface area (Å²) in [6, 6.07) is 10.9. The Kier molecular flexibility index (Phi) is 31.3. The number of hydrogen-bond donors (Lipinski definition) is 7. The molecule has 2 aromatic carbocycles. The summed E-state index contributed by atoms with van der Waals surface area (Å²) in [7, 11) is -3.57. The number of carbonyl (C=O) groups is 8. The summed E-state index contributed by atoms with van der Waals surface area (Å²) >= 11 is 0. The molecule has 2 bridgehead atoms. The van der Waals surface area contributed by atoms with Crippen molar-refractivity contribution in [3.8, 4) is 5.88 Å². The van der Waals surface area contributed by atoms with Crippen LogP contribution in [0.3, 0.4) is 0 Å². The summed E-state index contributed by atoms with van der Waals surface area (Å²) in [6.07, 6.45) is 0.172. The summed E-state index contributed by atoms with van der Waals surface area (Å²) in [5.41, 5.74) is 0.177. The smallest absolute Gasteiger partial charge is 0.410 e. The van der Waals surface area contributed by atoms with Crippen LogP contribution in [0.1, 0.15) is 87.0 Å². The molecule has 0 radical (unpaired) electrons. The van der Waals surface area contributed by atoms with Gasteiger partial charge in [0.25, 0.3) is 23.3 Å². The van der Waals surface area contributed by atoms with Crippen molar-refractivity contribution in [3.05, 3.63) is 113 Å². The maximum Gasteiger partial charge on any atom is 0.410 e. The minimum atomic E-state index is -3.40. The van der Waals surface area contributed by atoms with Crippen LogP contribution < -0.4 is 36.9 Å². The standard InChI is InChI=1S/C67H89N13O24P2/c1-40(2)55(74-62(87)48(12-8-9-22-79-53(82)17-18-54(79)83)73-51(81)20-23-94-26-27-96-30-31-97-29-28-95-25-24-93-5)63(88)71-41(3)60(85)72-45-15-13-42(14-16-45)35-98-67(90)78(4)34-43-10-6-7-11-47(43)61(86)76-66-75-59-56(64(89)77-66)70-39-80(59)65-58-57(84)50(102-65)37-100-105(91)103-49-33-46(101-52-19-21-68-38-69-52)32-44(49)36-99-106(92)104-58/h6-7,10-11,13-19,21,38-41,44,46,48-50,55,57-58,65,84,105-106H,8-9,12,20,22-37H2,1-5H3,(H,71,88)(H,72,85)(H,73,81)(H,74,87)(H2,75,76,77,86,89)/t41-,44+,46+,48-,49-,50+,55-,57+,58+,65+/m0/s1. The number of unbranched alkanes of at least 4 members (excludes halogenated alkanes) is 1. The van der Waals surface area contributed by atoms with Crippen LogP contribution in [-0.2, 0) is 102 Å². The molecule has 37 nitrogen and oxygen atoms in total. The van der Waals surface area contributed by atoms with E-state index in [1.54, 1.807) is 69.5 Å². The second-order valence-corrected chi connectivity index (χ2v) is 27.4. The molecule has 4 aliphatic rings. The van der Waals surface area contributed by atoms with Gasteiger partial charge in [-0.2, -0.15) is 4.98 Å². The number of imidazole rings is 1. The SMILES string of the molecule is COCCOCCOCCOCCOCCC(=O)N[C@@H](CCCCN1C(=O)C=CC1=O)C(=O)N[C@H](C(=O)N[C@@H](C)C(=O)Nc1ccc(COC(=O)N(C)Cc2ccccc2C(=O)Nc2nc3c(ncn3[C@@H]3O[C@@H]4CO[PH](=O)O[C@H]5C[C@H](Oc6ccncn6)C[C@@H]5CO[PH](=O)O[C@@H]3[C@@H]4O)c(=O)[nH]2)cc1)C(C)C. The van der Waals surface area contributed by atoms with E-state index in [1.807, 2.05) is 0 Å². The molecule has 3 aliphatic heterocycles. The fraction of sp³-hybridized carbons (Fsp3) is 0.537.